The molecule has 2 aromatic rings. The summed E-state index contributed by atoms with van der Waals surface area (Å²) >= 11 is 0. The third-order valence-electron chi connectivity index (χ3n) is 2.93. The summed E-state index contributed by atoms with van der Waals surface area (Å²) in [7, 11) is 0. The summed E-state index contributed by atoms with van der Waals surface area (Å²) in [5, 5.41) is 11.6. The van der Waals surface area contributed by atoms with Crippen LogP contribution >= 0.6 is 0 Å². The van der Waals surface area contributed by atoms with Gasteiger partial charge in [0.25, 0.3) is 0 Å². The minimum absolute atomic E-state index is 0. The van der Waals surface area contributed by atoms with E-state index in [-0.39, 0.29) is 29.3 Å². The molecule has 0 aliphatic heterocycles. The van der Waals surface area contributed by atoms with E-state index in [2.05, 4.69) is 5.16 Å². The van der Waals surface area contributed by atoms with Crippen molar-refractivity contribution in [3.8, 4) is 0 Å². The van der Waals surface area contributed by atoms with Crippen molar-refractivity contribution in [2.75, 3.05) is 0 Å². The molecular formula is C15H15BrN2O2. The molecule has 1 heterocycles. The van der Waals surface area contributed by atoms with E-state index >= 15 is 0 Å². The minimum atomic E-state index is 0. The molecule has 0 saturated heterocycles. The first kappa shape index (κ1) is 16.0. The van der Waals surface area contributed by atoms with Gasteiger partial charge in [0.15, 0.2) is 6.20 Å². The molecule has 0 amide bonds. The highest BCUT2D eigenvalue weighted by atomic mass is 79.9. The van der Waals surface area contributed by atoms with Crippen molar-refractivity contribution in [2.24, 2.45) is 5.16 Å². The summed E-state index contributed by atoms with van der Waals surface area (Å²) in [6.07, 6.45) is 3.10. The molecule has 0 saturated carbocycles. The summed E-state index contributed by atoms with van der Waals surface area (Å²) in [5.41, 5.74) is 2.35. The van der Waals surface area contributed by atoms with E-state index in [9.17, 15) is 4.79 Å². The lowest BCUT2D eigenvalue weighted by molar-refractivity contribution is -0.684. The quantitative estimate of drug-likeness (QED) is 0.256. The minimum Gasteiger partial charge on any atom is -1.00 e. The summed E-state index contributed by atoms with van der Waals surface area (Å²) in [6.45, 7) is 2.13. The van der Waals surface area contributed by atoms with Crippen LogP contribution < -0.4 is 21.5 Å². The van der Waals surface area contributed by atoms with Crippen molar-refractivity contribution in [1.82, 2.24) is 0 Å². The lowest BCUT2D eigenvalue weighted by Gasteiger charge is -2.03. The normalized spacial score (nSPS) is 10.2. The Balaban J connectivity index is 0.00000200. The largest absolute Gasteiger partial charge is 1.00 e. The highest BCUT2D eigenvalue weighted by molar-refractivity contribution is 5.96. The fourth-order valence-corrected chi connectivity index (χ4v) is 1.94. The number of ketones is 1. The highest BCUT2D eigenvalue weighted by Gasteiger charge is 2.16. The number of aryl methyl sites for hydroxylation is 1. The monoisotopic (exact) mass is 334 g/mol. The lowest BCUT2D eigenvalue weighted by atomic mass is 10.0. The van der Waals surface area contributed by atoms with Crippen molar-refractivity contribution in [3.63, 3.8) is 0 Å². The first-order chi connectivity index (χ1) is 9.22. The van der Waals surface area contributed by atoms with Crippen LogP contribution in [0, 0.1) is 6.92 Å². The zero-order valence-corrected chi connectivity index (χ0v) is 12.6. The first-order valence-corrected chi connectivity index (χ1v) is 5.97. The summed E-state index contributed by atoms with van der Waals surface area (Å²) in [4.78, 5) is 12.3. The van der Waals surface area contributed by atoms with Crippen molar-refractivity contribution < 1.29 is 31.6 Å². The van der Waals surface area contributed by atoms with Gasteiger partial charge in [0.1, 0.15) is 6.21 Å². The molecule has 4 nitrogen and oxygen atoms in total. The molecule has 0 aliphatic rings. The van der Waals surface area contributed by atoms with Crippen molar-refractivity contribution in [1.29, 1.82) is 0 Å². The Labute approximate surface area is 128 Å². The average molecular weight is 335 g/mol. The van der Waals surface area contributed by atoms with Crippen LogP contribution in [0.25, 0.3) is 0 Å². The fourth-order valence-electron chi connectivity index (χ4n) is 1.94. The maximum absolute atomic E-state index is 12.3. The van der Waals surface area contributed by atoms with Gasteiger partial charge in [-0.3, -0.25) is 4.79 Å². The van der Waals surface area contributed by atoms with E-state index in [0.29, 0.717) is 11.3 Å². The Morgan fingerprint density at radius 1 is 1.25 bits per heavy atom. The van der Waals surface area contributed by atoms with Gasteiger partial charge in [-0.25, -0.2) is 0 Å². The van der Waals surface area contributed by atoms with E-state index < -0.39 is 0 Å². The zero-order valence-electron chi connectivity index (χ0n) is 11.0. The summed E-state index contributed by atoms with van der Waals surface area (Å²) in [6, 6.07) is 12.9. The van der Waals surface area contributed by atoms with Crippen LogP contribution in [0.3, 0.4) is 0 Å². The molecule has 1 aromatic heterocycles. The molecule has 5 heteroatoms. The lowest BCUT2D eigenvalue weighted by Crippen LogP contribution is -3.00. The number of oxime groups is 1. The van der Waals surface area contributed by atoms with E-state index in [1.807, 2.05) is 43.3 Å². The first-order valence-electron chi connectivity index (χ1n) is 5.97. The molecule has 0 unspecified atom stereocenters. The van der Waals surface area contributed by atoms with Gasteiger partial charge in [0, 0.05) is 17.7 Å². The molecule has 104 valence electrons. The number of aromatic nitrogens is 1. The van der Waals surface area contributed by atoms with Crippen LogP contribution in [0.15, 0.2) is 53.8 Å². The van der Waals surface area contributed by atoms with Crippen molar-refractivity contribution in [3.05, 3.63) is 65.5 Å². The van der Waals surface area contributed by atoms with Crippen molar-refractivity contribution in [2.45, 2.75) is 13.5 Å². The number of benzene rings is 1. The number of carbonyl (C=O) groups excluding carboxylic acids is 1. The number of hydrogen-bond acceptors (Lipinski definition) is 3. The standard InChI is InChI=1S/C15H14N2O2.BrH/c1-12-6-2-3-8-14(12)15(18)11-17-9-5-4-7-13(17)10-16-19;/h2-10H,11H2,1H3;1H. The molecule has 1 N–H and O–H groups in total. The van der Waals surface area contributed by atoms with Crippen molar-refractivity contribution >= 4 is 12.0 Å². The van der Waals surface area contributed by atoms with Crippen LogP contribution in [-0.4, -0.2) is 17.2 Å². The third kappa shape index (κ3) is 3.74. The Kier molecular flexibility index (Phi) is 6.06. The third-order valence-corrected chi connectivity index (χ3v) is 2.93. The molecule has 2 rings (SSSR count). The molecule has 0 atom stereocenters. The van der Waals surface area contributed by atoms with Gasteiger partial charge in [-0.1, -0.05) is 29.4 Å². The Hall–Kier alpha value is -2.01. The van der Waals surface area contributed by atoms with Gasteiger partial charge in [0.05, 0.1) is 0 Å². The number of Topliss-reactive ketones (excluding diaryl/α,β-unsaturated/α-hetero) is 1. The van der Waals surface area contributed by atoms with Crippen LogP contribution in [0.5, 0.6) is 0 Å². The van der Waals surface area contributed by atoms with E-state index in [1.54, 1.807) is 16.8 Å². The van der Waals surface area contributed by atoms with Crippen LogP contribution in [0.1, 0.15) is 21.6 Å². The topological polar surface area (TPSA) is 53.5 Å². The van der Waals surface area contributed by atoms with Crippen LogP contribution in [-0.2, 0) is 6.54 Å². The smallest absolute Gasteiger partial charge is 0.227 e. The molecule has 0 aliphatic carbocycles. The molecule has 20 heavy (non-hydrogen) atoms. The fraction of sp³-hybridized carbons (Fsp3) is 0.133. The molecule has 0 bridgehead atoms. The molecule has 0 radical (unpaired) electrons. The number of pyridine rings is 1. The van der Waals surface area contributed by atoms with Gasteiger partial charge >= 0.3 is 0 Å². The molecule has 0 fully saturated rings. The number of halogens is 1. The van der Waals surface area contributed by atoms with Gasteiger partial charge in [-0.2, -0.15) is 4.57 Å². The summed E-state index contributed by atoms with van der Waals surface area (Å²) in [5.74, 6) is 0.0295. The van der Waals surface area contributed by atoms with Gasteiger partial charge < -0.3 is 22.2 Å². The number of carbonyl (C=O) groups is 1. The molecule has 0 spiro atoms. The second kappa shape index (κ2) is 7.55. The van der Waals surface area contributed by atoms with Gasteiger partial charge in [0.2, 0.25) is 18.0 Å². The van der Waals surface area contributed by atoms with Crippen LogP contribution in [0.4, 0.5) is 0 Å². The second-order valence-corrected chi connectivity index (χ2v) is 4.24. The zero-order chi connectivity index (χ0) is 13.7. The van der Waals surface area contributed by atoms with Crippen LogP contribution in [0.2, 0.25) is 0 Å². The molecule has 1 aromatic carbocycles. The van der Waals surface area contributed by atoms with Gasteiger partial charge in [-0.15, -0.1) is 0 Å². The van der Waals surface area contributed by atoms with E-state index in [1.165, 1.54) is 6.21 Å². The SMILES string of the molecule is Cc1ccccc1C(=O)C[n+]1ccccc1C=NO.[Br-]. The summed E-state index contributed by atoms with van der Waals surface area (Å²) < 4.78 is 1.74. The predicted molar refractivity (Wildman–Crippen MR) is 71.5 cm³/mol. The molecular weight excluding hydrogens is 320 g/mol. The Morgan fingerprint density at radius 2 is 1.95 bits per heavy atom. The average Bonchev–Trinajstić information content (AvgIpc) is 2.41. The Morgan fingerprint density at radius 3 is 2.65 bits per heavy atom. The Bertz CT molecular complexity index is 627. The predicted octanol–water partition coefficient (Wildman–Crippen LogP) is -1.02. The maximum Gasteiger partial charge on any atom is 0.227 e. The second-order valence-electron chi connectivity index (χ2n) is 4.24. The number of nitrogens with zero attached hydrogens (tertiary/aromatic N) is 2. The number of rotatable bonds is 4. The van der Waals surface area contributed by atoms with E-state index in [4.69, 9.17) is 5.21 Å². The number of hydrogen-bond donors (Lipinski definition) is 1. The van der Waals surface area contributed by atoms with Gasteiger partial charge in [-0.05, 0) is 18.6 Å². The highest BCUT2D eigenvalue weighted by Crippen LogP contribution is 2.07. The maximum atomic E-state index is 12.3. The van der Waals surface area contributed by atoms with E-state index in [0.717, 1.165) is 5.56 Å².